The molecule has 4 nitrogen and oxygen atoms in total. The van der Waals surface area contributed by atoms with E-state index in [-0.39, 0.29) is 11.8 Å². The molecule has 0 saturated heterocycles. The summed E-state index contributed by atoms with van der Waals surface area (Å²) in [6.07, 6.45) is 11.0. The molecule has 0 aromatic heterocycles. The van der Waals surface area contributed by atoms with Gasteiger partial charge in [0.1, 0.15) is 0 Å². The summed E-state index contributed by atoms with van der Waals surface area (Å²) in [6, 6.07) is 0. The Morgan fingerprint density at radius 2 is 2.07 bits per heavy atom. The van der Waals surface area contributed by atoms with Crippen LogP contribution in [0, 0.1) is 23.2 Å². The first kappa shape index (κ1) is 21.3. The van der Waals surface area contributed by atoms with E-state index in [9.17, 15) is 15.0 Å². The molecule has 6 atom stereocenters. The summed E-state index contributed by atoms with van der Waals surface area (Å²) in [5.74, 6) is 0.885. The predicted molar refractivity (Wildman–Crippen MR) is 111 cm³/mol. The summed E-state index contributed by atoms with van der Waals surface area (Å²) >= 11 is 0. The van der Waals surface area contributed by atoms with Crippen molar-refractivity contribution in [3.05, 3.63) is 35.5 Å². The van der Waals surface area contributed by atoms with E-state index >= 15 is 0 Å². The molecule has 0 aliphatic heterocycles. The summed E-state index contributed by atoms with van der Waals surface area (Å²) in [4.78, 5) is 11.0. The lowest BCUT2D eigenvalue weighted by Crippen LogP contribution is -2.36. The van der Waals surface area contributed by atoms with E-state index in [1.807, 2.05) is 0 Å². The molecule has 28 heavy (non-hydrogen) atoms. The van der Waals surface area contributed by atoms with Gasteiger partial charge in [0.2, 0.25) is 0 Å². The maximum Gasteiger partial charge on any atom is 0.303 e. The lowest BCUT2D eigenvalue weighted by molar-refractivity contribution is -0.137. The Labute approximate surface area is 169 Å². The largest absolute Gasteiger partial charge is 0.481 e. The summed E-state index contributed by atoms with van der Waals surface area (Å²) in [5.41, 5.74) is 3.45. The molecule has 3 rings (SSSR count). The fourth-order valence-corrected chi connectivity index (χ4v) is 6.23. The van der Waals surface area contributed by atoms with Gasteiger partial charge in [-0.1, -0.05) is 38.2 Å². The number of carboxylic acid groups (broad SMARTS) is 1. The van der Waals surface area contributed by atoms with Crippen LogP contribution < -0.4 is 0 Å². The highest BCUT2D eigenvalue weighted by Crippen LogP contribution is 2.59. The number of allylic oxidation sites excluding steroid dienone is 3. The minimum atomic E-state index is -0.695. The lowest BCUT2D eigenvalue weighted by Gasteiger charge is -2.44. The number of fused-ring (bicyclic) bond motifs is 1. The van der Waals surface area contributed by atoms with Crippen molar-refractivity contribution < 1.29 is 20.1 Å². The van der Waals surface area contributed by atoms with Crippen molar-refractivity contribution in [2.75, 3.05) is 0 Å². The number of rotatable bonds is 5. The van der Waals surface area contributed by atoms with Crippen LogP contribution in [0.1, 0.15) is 71.6 Å². The zero-order chi connectivity index (χ0) is 20.5. The van der Waals surface area contributed by atoms with Gasteiger partial charge in [0.25, 0.3) is 0 Å². The van der Waals surface area contributed by atoms with Crippen molar-refractivity contribution in [3.8, 4) is 0 Å². The third kappa shape index (κ3) is 4.28. The highest BCUT2D eigenvalue weighted by Gasteiger charge is 2.50. The molecule has 0 aromatic rings. The molecule has 0 unspecified atom stereocenters. The predicted octanol–water partition coefficient (Wildman–Crippen LogP) is 4.63. The minimum absolute atomic E-state index is 0.253. The summed E-state index contributed by atoms with van der Waals surface area (Å²) in [6.45, 7) is 8.67. The third-order valence-electron chi connectivity index (χ3n) is 7.80. The summed E-state index contributed by atoms with van der Waals surface area (Å²) in [5, 5.41) is 29.1. The maximum atomic E-state index is 11.0. The maximum absolute atomic E-state index is 11.0. The van der Waals surface area contributed by atoms with Crippen molar-refractivity contribution in [1.29, 1.82) is 0 Å². The second-order valence-corrected chi connectivity index (χ2v) is 9.57. The van der Waals surface area contributed by atoms with Gasteiger partial charge in [0, 0.05) is 12.8 Å². The zero-order valence-corrected chi connectivity index (χ0v) is 17.4. The summed E-state index contributed by atoms with van der Waals surface area (Å²) < 4.78 is 0. The average Bonchev–Trinajstić information content (AvgIpc) is 2.99. The van der Waals surface area contributed by atoms with Crippen molar-refractivity contribution in [2.45, 2.75) is 83.8 Å². The summed E-state index contributed by atoms with van der Waals surface area (Å²) in [7, 11) is 0. The van der Waals surface area contributed by atoms with E-state index in [1.54, 1.807) is 0 Å². The quantitative estimate of drug-likeness (QED) is 0.642. The standard InChI is InChI=1S/C24H36O4/c1-15(6-11-23(27)28)20-9-10-21-17(5-4-12-24(20,21)3)7-8-18-13-19(25)14-22(26)16(18)2/h7-8,15,19-22,25-26H,2,4-6,9-14H2,1,3H3,(H,27,28)/b17-7+,18-8-/t15-,19-,20-,21+,22+,24-/m1/s1. The van der Waals surface area contributed by atoms with Crippen molar-refractivity contribution in [2.24, 2.45) is 23.2 Å². The Balaban J connectivity index is 1.76. The average molecular weight is 389 g/mol. The van der Waals surface area contributed by atoms with Gasteiger partial charge in [0.15, 0.2) is 0 Å². The van der Waals surface area contributed by atoms with Crippen LogP contribution in [0.3, 0.4) is 0 Å². The van der Waals surface area contributed by atoms with Crippen molar-refractivity contribution >= 4 is 5.97 Å². The number of hydrogen-bond donors (Lipinski definition) is 3. The Morgan fingerprint density at radius 3 is 2.79 bits per heavy atom. The van der Waals surface area contributed by atoms with E-state index in [0.717, 1.165) is 24.0 Å². The van der Waals surface area contributed by atoms with E-state index < -0.39 is 18.2 Å². The Kier molecular flexibility index (Phi) is 6.51. The first-order valence-corrected chi connectivity index (χ1v) is 10.9. The third-order valence-corrected chi connectivity index (χ3v) is 7.80. The van der Waals surface area contributed by atoms with Crippen LogP contribution >= 0.6 is 0 Å². The molecule has 0 spiro atoms. The molecule has 0 aromatic carbocycles. The minimum Gasteiger partial charge on any atom is -0.481 e. The highest BCUT2D eigenvalue weighted by atomic mass is 16.4. The normalized spacial score (nSPS) is 39.9. The van der Waals surface area contributed by atoms with Crippen LogP contribution in [0.4, 0.5) is 0 Å². The topological polar surface area (TPSA) is 77.8 Å². The van der Waals surface area contributed by atoms with Crippen LogP contribution in [0.5, 0.6) is 0 Å². The van der Waals surface area contributed by atoms with E-state index in [1.165, 1.54) is 31.3 Å². The first-order valence-electron chi connectivity index (χ1n) is 10.9. The number of hydrogen-bond acceptors (Lipinski definition) is 3. The van der Waals surface area contributed by atoms with Gasteiger partial charge in [-0.05, 0) is 79.3 Å². The fourth-order valence-electron chi connectivity index (χ4n) is 6.23. The SMILES string of the molecule is C=C1/C(=C\C=C2/CCC[C@]3(C)[C@@H]([C@H](C)CCC(=O)O)CC[C@@H]23)C[C@@H](O)C[C@@H]1O. The van der Waals surface area contributed by atoms with Gasteiger partial charge in [-0.2, -0.15) is 0 Å². The molecule has 0 heterocycles. The fraction of sp³-hybridized carbons (Fsp3) is 0.708. The van der Waals surface area contributed by atoms with Gasteiger partial charge in [0.05, 0.1) is 12.2 Å². The first-order chi connectivity index (χ1) is 13.2. The van der Waals surface area contributed by atoms with Crippen LogP contribution in [-0.2, 0) is 4.79 Å². The monoisotopic (exact) mass is 388 g/mol. The molecular weight excluding hydrogens is 352 g/mol. The number of aliphatic carboxylic acids is 1. The second-order valence-electron chi connectivity index (χ2n) is 9.57. The molecule has 3 aliphatic carbocycles. The number of aliphatic hydroxyl groups excluding tert-OH is 2. The van der Waals surface area contributed by atoms with Gasteiger partial charge < -0.3 is 15.3 Å². The van der Waals surface area contributed by atoms with Crippen molar-refractivity contribution in [3.63, 3.8) is 0 Å². The van der Waals surface area contributed by atoms with Gasteiger partial charge >= 0.3 is 5.97 Å². The molecule has 0 radical (unpaired) electrons. The Hall–Kier alpha value is -1.39. The van der Waals surface area contributed by atoms with E-state index in [2.05, 4.69) is 32.6 Å². The lowest BCUT2D eigenvalue weighted by atomic mass is 9.60. The smallest absolute Gasteiger partial charge is 0.303 e. The molecule has 3 N–H and O–H groups in total. The molecular formula is C24H36O4. The van der Waals surface area contributed by atoms with Crippen LogP contribution in [-0.4, -0.2) is 33.5 Å². The number of carboxylic acids is 1. The Bertz CT molecular complexity index is 676. The molecule has 0 amide bonds. The van der Waals surface area contributed by atoms with Gasteiger partial charge in [-0.25, -0.2) is 0 Å². The van der Waals surface area contributed by atoms with Crippen LogP contribution in [0.15, 0.2) is 35.5 Å². The number of carbonyl (C=O) groups is 1. The second kappa shape index (κ2) is 8.54. The molecule has 4 heteroatoms. The van der Waals surface area contributed by atoms with E-state index in [0.29, 0.717) is 30.6 Å². The highest BCUT2D eigenvalue weighted by molar-refractivity contribution is 5.66. The van der Waals surface area contributed by atoms with Gasteiger partial charge in [-0.3, -0.25) is 4.79 Å². The zero-order valence-electron chi connectivity index (χ0n) is 17.4. The molecule has 156 valence electrons. The molecule has 3 fully saturated rings. The van der Waals surface area contributed by atoms with Crippen LogP contribution in [0.25, 0.3) is 0 Å². The van der Waals surface area contributed by atoms with Crippen LogP contribution in [0.2, 0.25) is 0 Å². The molecule has 0 bridgehead atoms. The van der Waals surface area contributed by atoms with Gasteiger partial charge in [-0.15, -0.1) is 0 Å². The molecule has 3 aliphatic rings. The van der Waals surface area contributed by atoms with E-state index in [4.69, 9.17) is 5.11 Å². The Morgan fingerprint density at radius 1 is 1.32 bits per heavy atom. The van der Waals surface area contributed by atoms with Crippen molar-refractivity contribution in [1.82, 2.24) is 0 Å². The number of aliphatic hydroxyl groups is 2. The molecule has 3 saturated carbocycles.